The highest BCUT2D eigenvalue weighted by molar-refractivity contribution is 5.93. The molecule has 0 bridgehead atoms. The number of alkyl halides is 1. The van der Waals surface area contributed by atoms with Crippen molar-refractivity contribution in [1.29, 1.82) is 0 Å². The molecule has 2 aromatic heterocycles. The molecule has 0 aliphatic heterocycles. The molecule has 0 saturated heterocycles. The van der Waals surface area contributed by atoms with E-state index in [2.05, 4.69) is 9.97 Å². The summed E-state index contributed by atoms with van der Waals surface area (Å²) in [4.78, 5) is 7.12. The summed E-state index contributed by atoms with van der Waals surface area (Å²) in [5, 5.41) is 0.826. The van der Waals surface area contributed by atoms with Crippen LogP contribution in [-0.4, -0.2) is 9.97 Å². The first-order valence-electron chi connectivity index (χ1n) is 5.57. The Morgan fingerprint density at radius 2 is 2.00 bits per heavy atom. The normalized spacial score (nSPS) is 11.0. The second-order valence-corrected chi connectivity index (χ2v) is 4.01. The van der Waals surface area contributed by atoms with E-state index in [1.807, 2.05) is 6.07 Å². The van der Waals surface area contributed by atoms with Gasteiger partial charge in [-0.2, -0.15) is 0 Å². The van der Waals surface area contributed by atoms with Gasteiger partial charge in [0.15, 0.2) is 0 Å². The SMILES string of the molecule is FCc1cccc(-c2ccnc3[nH]ccc23)c1F. The van der Waals surface area contributed by atoms with E-state index in [1.165, 1.54) is 6.07 Å². The molecule has 4 heteroatoms. The Hall–Kier alpha value is -2.23. The standard InChI is InChI=1S/C14H10F2N2/c15-8-9-2-1-3-11(13(9)16)10-4-6-17-14-12(10)5-7-18-14/h1-7H,8H2,(H,17,18). The van der Waals surface area contributed by atoms with E-state index in [0.717, 1.165) is 5.39 Å². The minimum Gasteiger partial charge on any atom is -0.346 e. The smallest absolute Gasteiger partial charge is 0.137 e. The number of H-pyrrole nitrogens is 1. The number of aromatic amines is 1. The van der Waals surface area contributed by atoms with Crippen molar-refractivity contribution in [3.63, 3.8) is 0 Å². The summed E-state index contributed by atoms with van der Waals surface area (Å²) < 4.78 is 26.8. The van der Waals surface area contributed by atoms with Gasteiger partial charge in [0.05, 0.1) is 0 Å². The van der Waals surface area contributed by atoms with Crippen LogP contribution in [0.3, 0.4) is 0 Å². The fourth-order valence-corrected chi connectivity index (χ4v) is 2.09. The Labute approximate surface area is 102 Å². The Morgan fingerprint density at radius 3 is 2.83 bits per heavy atom. The van der Waals surface area contributed by atoms with Crippen LogP contribution in [0.5, 0.6) is 0 Å². The summed E-state index contributed by atoms with van der Waals surface area (Å²) in [6.45, 7) is -0.805. The first-order valence-corrected chi connectivity index (χ1v) is 5.57. The summed E-state index contributed by atoms with van der Waals surface area (Å²) in [6, 6.07) is 8.33. The minimum absolute atomic E-state index is 0.0768. The minimum atomic E-state index is -0.805. The number of nitrogens with zero attached hydrogens (tertiary/aromatic N) is 1. The van der Waals surface area contributed by atoms with Gasteiger partial charge in [0.2, 0.25) is 0 Å². The first kappa shape index (κ1) is 10.9. The Morgan fingerprint density at radius 1 is 1.11 bits per heavy atom. The number of nitrogens with one attached hydrogen (secondary N) is 1. The molecular weight excluding hydrogens is 234 g/mol. The summed E-state index contributed by atoms with van der Waals surface area (Å²) in [7, 11) is 0. The Bertz CT molecular complexity index is 704. The van der Waals surface area contributed by atoms with E-state index in [1.54, 1.807) is 30.6 Å². The zero-order valence-electron chi connectivity index (χ0n) is 9.45. The monoisotopic (exact) mass is 244 g/mol. The number of aromatic nitrogens is 2. The van der Waals surface area contributed by atoms with Crippen LogP contribution in [-0.2, 0) is 6.67 Å². The molecule has 0 unspecified atom stereocenters. The topological polar surface area (TPSA) is 28.7 Å². The molecule has 0 aliphatic rings. The van der Waals surface area contributed by atoms with Crippen molar-refractivity contribution in [3.8, 4) is 11.1 Å². The highest BCUT2D eigenvalue weighted by Crippen LogP contribution is 2.30. The Kier molecular flexibility index (Phi) is 2.55. The third-order valence-electron chi connectivity index (χ3n) is 2.97. The zero-order valence-corrected chi connectivity index (χ0v) is 9.45. The molecule has 3 aromatic rings. The van der Waals surface area contributed by atoms with Crippen LogP contribution in [0.25, 0.3) is 22.2 Å². The number of halogens is 2. The fourth-order valence-electron chi connectivity index (χ4n) is 2.09. The van der Waals surface area contributed by atoms with E-state index >= 15 is 0 Å². The van der Waals surface area contributed by atoms with Crippen molar-refractivity contribution in [2.45, 2.75) is 6.67 Å². The average molecular weight is 244 g/mol. The second-order valence-electron chi connectivity index (χ2n) is 4.01. The molecule has 1 aromatic carbocycles. The van der Waals surface area contributed by atoms with Gasteiger partial charge in [0.25, 0.3) is 0 Å². The molecule has 90 valence electrons. The van der Waals surface area contributed by atoms with E-state index in [4.69, 9.17) is 0 Å². The summed E-state index contributed by atoms with van der Waals surface area (Å²) >= 11 is 0. The molecule has 0 spiro atoms. The van der Waals surface area contributed by atoms with E-state index < -0.39 is 12.5 Å². The van der Waals surface area contributed by atoms with Gasteiger partial charge in [-0.1, -0.05) is 18.2 Å². The summed E-state index contributed by atoms with van der Waals surface area (Å²) in [5.41, 5.74) is 1.89. The molecule has 3 rings (SSSR count). The van der Waals surface area contributed by atoms with Crippen LogP contribution in [0.15, 0.2) is 42.7 Å². The lowest BCUT2D eigenvalue weighted by Crippen LogP contribution is -1.92. The molecule has 0 radical (unpaired) electrons. The molecule has 2 nitrogen and oxygen atoms in total. The van der Waals surface area contributed by atoms with Gasteiger partial charge in [-0.3, -0.25) is 0 Å². The largest absolute Gasteiger partial charge is 0.346 e. The number of rotatable bonds is 2. The lowest BCUT2D eigenvalue weighted by molar-refractivity contribution is 0.464. The van der Waals surface area contributed by atoms with E-state index in [0.29, 0.717) is 16.8 Å². The third kappa shape index (κ3) is 1.57. The molecular formula is C14H10F2N2. The van der Waals surface area contributed by atoms with Crippen molar-refractivity contribution in [2.75, 3.05) is 0 Å². The Balaban J connectivity index is 2.29. The maximum atomic E-state index is 14.1. The number of hydrogen-bond donors (Lipinski definition) is 1. The second kappa shape index (κ2) is 4.22. The number of benzene rings is 1. The van der Waals surface area contributed by atoms with E-state index in [9.17, 15) is 8.78 Å². The lowest BCUT2D eigenvalue weighted by Gasteiger charge is -2.07. The van der Waals surface area contributed by atoms with Gasteiger partial charge in [0, 0.05) is 28.9 Å². The highest BCUT2D eigenvalue weighted by atomic mass is 19.1. The van der Waals surface area contributed by atoms with Crippen LogP contribution in [0, 0.1) is 5.82 Å². The summed E-state index contributed by atoms with van der Waals surface area (Å²) in [6.07, 6.45) is 3.35. The van der Waals surface area contributed by atoms with Crippen LogP contribution >= 0.6 is 0 Å². The predicted molar refractivity (Wildman–Crippen MR) is 66.3 cm³/mol. The zero-order chi connectivity index (χ0) is 12.5. The van der Waals surface area contributed by atoms with Gasteiger partial charge >= 0.3 is 0 Å². The number of hydrogen-bond acceptors (Lipinski definition) is 1. The molecule has 2 heterocycles. The van der Waals surface area contributed by atoms with Gasteiger partial charge in [0.1, 0.15) is 18.1 Å². The maximum absolute atomic E-state index is 14.1. The molecule has 0 aliphatic carbocycles. The van der Waals surface area contributed by atoms with Crippen LogP contribution in [0.2, 0.25) is 0 Å². The van der Waals surface area contributed by atoms with Crippen molar-refractivity contribution in [3.05, 3.63) is 54.1 Å². The summed E-state index contributed by atoms with van der Waals surface area (Å²) in [5.74, 6) is -0.506. The average Bonchev–Trinajstić information content (AvgIpc) is 2.87. The maximum Gasteiger partial charge on any atom is 0.137 e. The third-order valence-corrected chi connectivity index (χ3v) is 2.97. The van der Waals surface area contributed by atoms with Crippen LogP contribution in [0.1, 0.15) is 5.56 Å². The van der Waals surface area contributed by atoms with Crippen LogP contribution < -0.4 is 0 Å². The molecule has 1 N–H and O–H groups in total. The quantitative estimate of drug-likeness (QED) is 0.729. The lowest BCUT2D eigenvalue weighted by atomic mass is 10.0. The van der Waals surface area contributed by atoms with E-state index in [-0.39, 0.29) is 5.56 Å². The van der Waals surface area contributed by atoms with Crippen molar-refractivity contribution in [1.82, 2.24) is 9.97 Å². The molecule has 0 fully saturated rings. The highest BCUT2D eigenvalue weighted by Gasteiger charge is 2.12. The van der Waals surface area contributed by atoms with Gasteiger partial charge in [-0.25, -0.2) is 13.8 Å². The van der Waals surface area contributed by atoms with Gasteiger partial charge in [-0.05, 0) is 17.7 Å². The van der Waals surface area contributed by atoms with Crippen molar-refractivity contribution >= 4 is 11.0 Å². The number of pyridine rings is 1. The van der Waals surface area contributed by atoms with Crippen molar-refractivity contribution in [2.24, 2.45) is 0 Å². The first-order chi connectivity index (χ1) is 8.81. The van der Waals surface area contributed by atoms with Crippen molar-refractivity contribution < 1.29 is 8.78 Å². The van der Waals surface area contributed by atoms with Crippen LogP contribution in [0.4, 0.5) is 8.78 Å². The fraction of sp³-hybridized carbons (Fsp3) is 0.0714. The molecule has 0 atom stereocenters. The predicted octanol–water partition coefficient (Wildman–Crippen LogP) is 3.84. The van der Waals surface area contributed by atoms with Gasteiger partial charge in [-0.15, -0.1) is 0 Å². The number of fused-ring (bicyclic) bond motifs is 1. The van der Waals surface area contributed by atoms with Gasteiger partial charge < -0.3 is 4.98 Å². The molecule has 0 amide bonds. The molecule has 18 heavy (non-hydrogen) atoms. The molecule has 0 saturated carbocycles.